The van der Waals surface area contributed by atoms with E-state index in [4.69, 9.17) is 27.9 Å². The molecule has 0 aliphatic carbocycles. The molecule has 0 aromatic heterocycles. The van der Waals surface area contributed by atoms with Gasteiger partial charge in [0.05, 0.1) is 11.6 Å². The standard InChI is InChI=1S/C22H25Cl2NO3/c1-13(18-11-10-17(23)12-19(18)24)25-20(26)14(2)28-21(27)15-6-8-16(9-7-15)22(3,4)5/h6-14H,1-5H3,(H,25,26)/t13-,14+/m0/s1. The lowest BCUT2D eigenvalue weighted by molar-refractivity contribution is -0.129. The molecular formula is C22H25Cl2NO3. The number of carbonyl (C=O) groups is 2. The van der Waals surface area contributed by atoms with E-state index in [1.807, 2.05) is 12.1 Å². The minimum atomic E-state index is -0.941. The molecule has 1 amide bonds. The van der Waals surface area contributed by atoms with E-state index in [9.17, 15) is 9.59 Å². The molecule has 2 aromatic carbocycles. The Labute approximate surface area is 176 Å². The molecule has 0 aliphatic rings. The fraction of sp³-hybridized carbons (Fsp3) is 0.364. The van der Waals surface area contributed by atoms with Crippen LogP contribution in [0.25, 0.3) is 0 Å². The van der Waals surface area contributed by atoms with Gasteiger partial charge in [-0.05, 0) is 54.7 Å². The fourth-order valence-electron chi connectivity index (χ4n) is 2.65. The van der Waals surface area contributed by atoms with E-state index >= 15 is 0 Å². The van der Waals surface area contributed by atoms with Crippen LogP contribution in [0.15, 0.2) is 42.5 Å². The van der Waals surface area contributed by atoms with Crippen molar-refractivity contribution in [1.82, 2.24) is 5.32 Å². The van der Waals surface area contributed by atoms with Gasteiger partial charge in [-0.1, -0.05) is 62.2 Å². The molecule has 0 aliphatic heterocycles. The van der Waals surface area contributed by atoms with E-state index in [1.54, 1.807) is 37.3 Å². The molecule has 6 heteroatoms. The molecule has 0 spiro atoms. The van der Waals surface area contributed by atoms with Crippen LogP contribution >= 0.6 is 23.2 Å². The minimum absolute atomic E-state index is 0.00527. The average Bonchev–Trinajstić information content (AvgIpc) is 2.60. The number of benzene rings is 2. The van der Waals surface area contributed by atoms with Gasteiger partial charge in [0.2, 0.25) is 0 Å². The Kier molecular flexibility index (Phi) is 7.13. The van der Waals surface area contributed by atoms with E-state index in [2.05, 4.69) is 26.1 Å². The summed E-state index contributed by atoms with van der Waals surface area (Å²) in [6.45, 7) is 9.63. The normalized spacial score (nSPS) is 13.5. The van der Waals surface area contributed by atoms with Crippen molar-refractivity contribution in [3.05, 3.63) is 69.2 Å². The number of amides is 1. The van der Waals surface area contributed by atoms with Gasteiger partial charge >= 0.3 is 5.97 Å². The van der Waals surface area contributed by atoms with E-state index in [0.717, 1.165) is 11.1 Å². The molecule has 0 saturated heterocycles. The average molecular weight is 422 g/mol. The van der Waals surface area contributed by atoms with Crippen LogP contribution in [-0.4, -0.2) is 18.0 Å². The van der Waals surface area contributed by atoms with Gasteiger partial charge in [-0.2, -0.15) is 0 Å². The van der Waals surface area contributed by atoms with E-state index in [1.165, 1.54) is 6.92 Å². The monoisotopic (exact) mass is 421 g/mol. The zero-order valence-electron chi connectivity index (χ0n) is 16.7. The summed E-state index contributed by atoms with van der Waals surface area (Å²) in [4.78, 5) is 24.7. The molecule has 2 rings (SSSR count). The molecule has 2 aromatic rings. The summed E-state index contributed by atoms with van der Waals surface area (Å²) in [6, 6.07) is 11.9. The summed E-state index contributed by atoms with van der Waals surface area (Å²) < 4.78 is 5.30. The number of ether oxygens (including phenoxy) is 1. The predicted octanol–water partition coefficient (Wildman–Crippen LogP) is 5.71. The van der Waals surface area contributed by atoms with Gasteiger partial charge in [0.1, 0.15) is 0 Å². The number of halogens is 2. The van der Waals surface area contributed by atoms with E-state index in [0.29, 0.717) is 15.6 Å². The third-order valence-electron chi connectivity index (χ3n) is 4.43. The van der Waals surface area contributed by atoms with Crippen molar-refractivity contribution in [3.8, 4) is 0 Å². The molecular weight excluding hydrogens is 397 g/mol. The summed E-state index contributed by atoms with van der Waals surface area (Å²) >= 11 is 12.1. The number of hydrogen-bond donors (Lipinski definition) is 1. The summed E-state index contributed by atoms with van der Waals surface area (Å²) in [6.07, 6.45) is -0.941. The fourth-order valence-corrected chi connectivity index (χ4v) is 3.22. The van der Waals surface area contributed by atoms with Gasteiger partial charge in [0, 0.05) is 10.0 Å². The van der Waals surface area contributed by atoms with Crippen LogP contribution in [0, 0.1) is 0 Å². The number of nitrogens with one attached hydrogen (secondary N) is 1. The summed E-state index contributed by atoms with van der Waals surface area (Å²) in [5.41, 5.74) is 2.25. The van der Waals surface area contributed by atoms with Crippen molar-refractivity contribution in [2.75, 3.05) is 0 Å². The highest BCUT2D eigenvalue weighted by Crippen LogP contribution is 2.26. The van der Waals surface area contributed by atoms with Crippen molar-refractivity contribution in [1.29, 1.82) is 0 Å². The molecule has 150 valence electrons. The molecule has 4 nitrogen and oxygen atoms in total. The second-order valence-electron chi connectivity index (χ2n) is 7.77. The van der Waals surface area contributed by atoms with Gasteiger partial charge in [-0.15, -0.1) is 0 Å². The van der Waals surface area contributed by atoms with Crippen LogP contribution in [0.2, 0.25) is 10.0 Å². The first kappa shape index (κ1) is 22.3. The van der Waals surface area contributed by atoms with E-state index in [-0.39, 0.29) is 11.5 Å². The molecule has 1 N–H and O–H groups in total. The Morgan fingerprint density at radius 1 is 1.00 bits per heavy atom. The molecule has 0 fully saturated rings. The Hall–Kier alpha value is -2.04. The van der Waals surface area contributed by atoms with Crippen LogP contribution in [0.3, 0.4) is 0 Å². The van der Waals surface area contributed by atoms with Gasteiger partial charge < -0.3 is 10.1 Å². The van der Waals surface area contributed by atoms with Crippen LogP contribution in [-0.2, 0) is 14.9 Å². The maximum atomic E-state index is 12.4. The molecule has 0 radical (unpaired) electrons. The topological polar surface area (TPSA) is 55.4 Å². The Morgan fingerprint density at radius 2 is 1.61 bits per heavy atom. The predicted molar refractivity (Wildman–Crippen MR) is 113 cm³/mol. The lowest BCUT2D eigenvalue weighted by Gasteiger charge is -2.20. The van der Waals surface area contributed by atoms with Gasteiger partial charge in [0.15, 0.2) is 6.10 Å². The van der Waals surface area contributed by atoms with Gasteiger partial charge in [-0.3, -0.25) is 4.79 Å². The summed E-state index contributed by atoms with van der Waals surface area (Å²) in [5.74, 6) is -0.946. The van der Waals surface area contributed by atoms with Crippen LogP contribution in [0.1, 0.15) is 62.1 Å². The first-order chi connectivity index (χ1) is 13.0. The van der Waals surface area contributed by atoms with Gasteiger partial charge in [-0.25, -0.2) is 4.79 Å². The van der Waals surface area contributed by atoms with Crippen molar-refractivity contribution < 1.29 is 14.3 Å². The number of esters is 1. The summed E-state index contributed by atoms with van der Waals surface area (Å²) in [7, 11) is 0. The summed E-state index contributed by atoms with van der Waals surface area (Å²) in [5, 5.41) is 3.78. The second kappa shape index (κ2) is 8.97. The third-order valence-corrected chi connectivity index (χ3v) is 4.99. The zero-order valence-corrected chi connectivity index (χ0v) is 18.2. The lowest BCUT2D eigenvalue weighted by Crippen LogP contribution is -2.37. The molecule has 2 atom stereocenters. The zero-order chi connectivity index (χ0) is 21.1. The maximum absolute atomic E-state index is 12.4. The quantitative estimate of drug-likeness (QED) is 0.628. The van der Waals surface area contributed by atoms with Crippen LogP contribution < -0.4 is 5.32 Å². The van der Waals surface area contributed by atoms with Crippen molar-refractivity contribution in [2.24, 2.45) is 0 Å². The first-order valence-corrected chi connectivity index (χ1v) is 9.81. The highest BCUT2D eigenvalue weighted by atomic mass is 35.5. The number of rotatable bonds is 5. The third kappa shape index (κ3) is 5.73. The highest BCUT2D eigenvalue weighted by Gasteiger charge is 2.22. The SMILES string of the molecule is C[C@H](NC(=O)[C@@H](C)OC(=O)c1ccc(C(C)(C)C)cc1)c1ccc(Cl)cc1Cl. The van der Waals surface area contributed by atoms with Crippen LogP contribution in [0.4, 0.5) is 0 Å². The highest BCUT2D eigenvalue weighted by molar-refractivity contribution is 6.35. The number of hydrogen-bond acceptors (Lipinski definition) is 3. The van der Waals surface area contributed by atoms with Crippen molar-refractivity contribution in [3.63, 3.8) is 0 Å². The Bertz CT molecular complexity index is 857. The molecule has 0 unspecified atom stereocenters. The van der Waals surface area contributed by atoms with Gasteiger partial charge in [0.25, 0.3) is 5.91 Å². The largest absolute Gasteiger partial charge is 0.449 e. The number of carbonyl (C=O) groups excluding carboxylic acids is 2. The lowest BCUT2D eigenvalue weighted by atomic mass is 9.87. The smallest absolute Gasteiger partial charge is 0.338 e. The molecule has 0 heterocycles. The first-order valence-electron chi connectivity index (χ1n) is 9.06. The molecule has 28 heavy (non-hydrogen) atoms. The van der Waals surface area contributed by atoms with E-state index < -0.39 is 18.0 Å². The Morgan fingerprint density at radius 3 is 2.14 bits per heavy atom. The van der Waals surface area contributed by atoms with Crippen LogP contribution in [0.5, 0.6) is 0 Å². The van der Waals surface area contributed by atoms with Crippen molar-refractivity contribution >= 4 is 35.1 Å². The molecule has 0 saturated carbocycles. The Balaban J connectivity index is 1.98. The molecule has 0 bridgehead atoms. The van der Waals surface area contributed by atoms with Crippen molar-refractivity contribution in [2.45, 2.75) is 52.2 Å². The minimum Gasteiger partial charge on any atom is -0.449 e. The maximum Gasteiger partial charge on any atom is 0.338 e. The second-order valence-corrected chi connectivity index (χ2v) is 8.61.